The fourth-order valence-corrected chi connectivity index (χ4v) is 3.40. The molecule has 0 saturated heterocycles. The highest BCUT2D eigenvalue weighted by Gasteiger charge is 2.30. The van der Waals surface area contributed by atoms with Crippen LogP contribution in [0.4, 0.5) is 5.82 Å². The van der Waals surface area contributed by atoms with Gasteiger partial charge in [-0.25, -0.2) is 4.68 Å². The summed E-state index contributed by atoms with van der Waals surface area (Å²) in [6.07, 6.45) is 4.59. The van der Waals surface area contributed by atoms with E-state index in [1.54, 1.807) is 10.9 Å². The number of benzene rings is 1. The van der Waals surface area contributed by atoms with Crippen LogP contribution in [0.1, 0.15) is 43.5 Å². The van der Waals surface area contributed by atoms with Crippen LogP contribution < -0.4 is 16.2 Å². The third-order valence-electron chi connectivity index (χ3n) is 5.22. The van der Waals surface area contributed by atoms with Gasteiger partial charge in [0.1, 0.15) is 22.8 Å². The quantitative estimate of drug-likeness (QED) is 0.563. The van der Waals surface area contributed by atoms with Crippen LogP contribution >= 0.6 is 0 Å². The van der Waals surface area contributed by atoms with Gasteiger partial charge in [-0.3, -0.25) is 9.78 Å². The van der Waals surface area contributed by atoms with E-state index in [4.69, 9.17) is 16.2 Å². The first-order chi connectivity index (χ1) is 13.8. The number of aliphatic hydroxyl groups excluding tert-OH is 1. The van der Waals surface area contributed by atoms with Gasteiger partial charge in [0.05, 0.1) is 17.2 Å². The maximum atomic E-state index is 12.1. The topological polar surface area (TPSA) is 129 Å². The standard InChI is InChI=1S/C21H25N5O3/c1-21(2,7-8-27)26-19(22)17(20(23)28)18(25-26)13-9-12-3-4-15(29-14-5-6-14)10-16(12)24-11-13/h3-4,9-11,14,27H,5-8,22H2,1-2H3,(H2,23,28). The highest BCUT2D eigenvalue weighted by atomic mass is 16.5. The Morgan fingerprint density at radius 2 is 2.10 bits per heavy atom. The van der Waals surface area contributed by atoms with Crippen molar-refractivity contribution in [1.82, 2.24) is 14.8 Å². The van der Waals surface area contributed by atoms with Gasteiger partial charge in [-0.15, -0.1) is 0 Å². The molecule has 3 aromatic rings. The first-order valence-electron chi connectivity index (χ1n) is 9.66. The first-order valence-corrected chi connectivity index (χ1v) is 9.66. The van der Waals surface area contributed by atoms with Crippen molar-refractivity contribution < 1.29 is 14.6 Å². The molecule has 1 aliphatic rings. The number of aliphatic hydroxyl groups is 1. The SMILES string of the molecule is CC(C)(CCO)n1nc(-c2cnc3cc(OC4CC4)ccc3c2)c(C(N)=O)c1N. The van der Waals surface area contributed by atoms with Gasteiger partial charge in [-0.2, -0.15) is 5.10 Å². The van der Waals surface area contributed by atoms with Crippen LogP contribution in [0.2, 0.25) is 0 Å². The van der Waals surface area contributed by atoms with Gasteiger partial charge < -0.3 is 21.3 Å². The summed E-state index contributed by atoms with van der Waals surface area (Å²) in [7, 11) is 0. The van der Waals surface area contributed by atoms with Gasteiger partial charge in [-0.05, 0) is 51.3 Å². The van der Waals surface area contributed by atoms with Crippen LogP contribution in [0, 0.1) is 0 Å². The Balaban J connectivity index is 1.78. The molecule has 152 valence electrons. The van der Waals surface area contributed by atoms with Gasteiger partial charge in [0.2, 0.25) is 0 Å². The van der Waals surface area contributed by atoms with Crippen LogP contribution in [0.3, 0.4) is 0 Å². The van der Waals surface area contributed by atoms with Crippen molar-refractivity contribution in [2.24, 2.45) is 5.73 Å². The first kappa shape index (κ1) is 19.2. The smallest absolute Gasteiger partial charge is 0.254 e. The van der Waals surface area contributed by atoms with E-state index in [0.29, 0.717) is 23.8 Å². The second kappa shape index (κ2) is 7.04. The van der Waals surface area contributed by atoms with E-state index in [0.717, 1.165) is 29.5 Å². The zero-order valence-electron chi connectivity index (χ0n) is 16.6. The summed E-state index contributed by atoms with van der Waals surface area (Å²) in [5, 5.41) is 14.8. The number of amides is 1. The number of aromatic nitrogens is 3. The summed E-state index contributed by atoms with van der Waals surface area (Å²) in [6, 6.07) is 7.66. The Morgan fingerprint density at radius 3 is 2.76 bits per heavy atom. The molecule has 0 radical (unpaired) electrons. The highest BCUT2D eigenvalue weighted by Crippen LogP contribution is 2.34. The normalized spacial score (nSPS) is 14.3. The van der Waals surface area contributed by atoms with Crippen LogP contribution in [0.15, 0.2) is 30.5 Å². The predicted octanol–water partition coefficient (Wildman–Crippen LogP) is 2.44. The zero-order chi connectivity index (χ0) is 20.8. The van der Waals surface area contributed by atoms with E-state index >= 15 is 0 Å². The van der Waals surface area contributed by atoms with Crippen molar-refractivity contribution >= 4 is 22.6 Å². The molecule has 0 aliphatic heterocycles. The number of carbonyl (C=O) groups is 1. The Bertz CT molecular complexity index is 1090. The number of carbonyl (C=O) groups excluding carboxylic acids is 1. The van der Waals surface area contributed by atoms with Crippen LogP contribution in [0.25, 0.3) is 22.2 Å². The van der Waals surface area contributed by atoms with E-state index in [2.05, 4.69) is 10.1 Å². The number of nitrogen functional groups attached to an aromatic ring is 1. The largest absolute Gasteiger partial charge is 0.490 e. The number of fused-ring (bicyclic) bond motifs is 1. The third-order valence-corrected chi connectivity index (χ3v) is 5.22. The van der Waals surface area contributed by atoms with Gasteiger partial charge >= 0.3 is 0 Å². The number of rotatable bonds is 7. The Hall–Kier alpha value is -3.13. The molecule has 1 aromatic carbocycles. The number of anilines is 1. The van der Waals surface area contributed by atoms with E-state index in [-0.39, 0.29) is 18.0 Å². The van der Waals surface area contributed by atoms with Crippen molar-refractivity contribution in [3.8, 4) is 17.0 Å². The maximum Gasteiger partial charge on any atom is 0.254 e. The highest BCUT2D eigenvalue weighted by molar-refractivity contribution is 6.03. The molecule has 1 amide bonds. The van der Waals surface area contributed by atoms with E-state index in [1.807, 2.05) is 38.1 Å². The Labute approximate surface area is 168 Å². The van der Waals surface area contributed by atoms with Crippen molar-refractivity contribution in [1.29, 1.82) is 0 Å². The molecule has 8 heteroatoms. The minimum atomic E-state index is -0.656. The summed E-state index contributed by atoms with van der Waals surface area (Å²) < 4.78 is 7.38. The summed E-state index contributed by atoms with van der Waals surface area (Å²) in [5.74, 6) is 0.327. The number of pyridine rings is 1. The fourth-order valence-electron chi connectivity index (χ4n) is 3.40. The Morgan fingerprint density at radius 1 is 1.34 bits per heavy atom. The number of ether oxygens (including phenoxy) is 1. The molecule has 2 heterocycles. The van der Waals surface area contributed by atoms with E-state index in [1.165, 1.54) is 0 Å². The van der Waals surface area contributed by atoms with Gasteiger partial charge in [0.15, 0.2) is 0 Å². The molecule has 29 heavy (non-hydrogen) atoms. The monoisotopic (exact) mass is 395 g/mol. The van der Waals surface area contributed by atoms with Crippen molar-refractivity contribution in [2.45, 2.75) is 44.8 Å². The number of hydrogen-bond donors (Lipinski definition) is 3. The molecular weight excluding hydrogens is 370 g/mol. The lowest BCUT2D eigenvalue weighted by Gasteiger charge is -2.25. The number of nitrogens with zero attached hydrogens (tertiary/aromatic N) is 3. The van der Waals surface area contributed by atoms with E-state index in [9.17, 15) is 9.90 Å². The molecule has 0 atom stereocenters. The molecule has 5 N–H and O–H groups in total. The average molecular weight is 395 g/mol. The van der Waals surface area contributed by atoms with Crippen molar-refractivity contribution in [3.63, 3.8) is 0 Å². The molecule has 2 aromatic heterocycles. The van der Waals surface area contributed by atoms with Crippen LogP contribution in [0.5, 0.6) is 5.75 Å². The molecule has 0 unspecified atom stereocenters. The lowest BCUT2D eigenvalue weighted by atomic mass is 10.0. The summed E-state index contributed by atoms with van der Waals surface area (Å²) in [6.45, 7) is 3.75. The Kier molecular flexibility index (Phi) is 4.66. The van der Waals surface area contributed by atoms with Gasteiger partial charge in [-0.1, -0.05) is 0 Å². The van der Waals surface area contributed by atoms with Crippen LogP contribution in [-0.2, 0) is 5.54 Å². The fraction of sp³-hybridized carbons (Fsp3) is 0.381. The molecule has 4 rings (SSSR count). The number of hydrogen-bond acceptors (Lipinski definition) is 6. The second-order valence-corrected chi connectivity index (χ2v) is 8.07. The zero-order valence-corrected chi connectivity index (χ0v) is 16.6. The third kappa shape index (κ3) is 3.63. The number of nitrogens with two attached hydrogens (primary N) is 2. The minimum Gasteiger partial charge on any atom is -0.490 e. The molecule has 1 aliphatic carbocycles. The minimum absolute atomic E-state index is 0.0314. The summed E-state index contributed by atoms with van der Waals surface area (Å²) in [4.78, 5) is 16.7. The van der Waals surface area contributed by atoms with Crippen molar-refractivity contribution in [3.05, 3.63) is 36.0 Å². The molecule has 1 saturated carbocycles. The molecular formula is C21H25N5O3. The lowest BCUT2D eigenvalue weighted by Crippen LogP contribution is -2.30. The maximum absolute atomic E-state index is 12.1. The predicted molar refractivity (Wildman–Crippen MR) is 111 cm³/mol. The van der Waals surface area contributed by atoms with Gasteiger partial charge in [0, 0.05) is 29.8 Å². The summed E-state index contributed by atoms with van der Waals surface area (Å²) >= 11 is 0. The average Bonchev–Trinajstić information content (AvgIpc) is 3.40. The van der Waals surface area contributed by atoms with Gasteiger partial charge in [0.25, 0.3) is 5.91 Å². The summed E-state index contributed by atoms with van der Waals surface area (Å²) in [5.41, 5.74) is 13.2. The second-order valence-electron chi connectivity index (χ2n) is 8.07. The molecule has 1 fully saturated rings. The molecule has 0 bridgehead atoms. The van der Waals surface area contributed by atoms with Crippen LogP contribution in [-0.4, -0.2) is 38.5 Å². The van der Waals surface area contributed by atoms with Crippen molar-refractivity contribution in [2.75, 3.05) is 12.3 Å². The molecule has 0 spiro atoms. The number of primary amides is 1. The molecule has 8 nitrogen and oxygen atoms in total. The van der Waals surface area contributed by atoms with E-state index < -0.39 is 11.4 Å². The lowest BCUT2D eigenvalue weighted by molar-refractivity contribution is 0.100.